The first kappa shape index (κ1) is 11.4. The van der Waals surface area contributed by atoms with Crippen molar-refractivity contribution in [3.05, 3.63) is 23.3 Å². The minimum atomic E-state index is 0.882. The third-order valence-corrected chi connectivity index (χ3v) is 2.98. The Labute approximate surface area is 90.0 Å². The van der Waals surface area contributed by atoms with Crippen molar-refractivity contribution in [2.24, 2.45) is 0 Å². The molecule has 78 valence electrons. The van der Waals surface area contributed by atoms with Crippen molar-refractivity contribution in [1.82, 2.24) is 5.32 Å². The highest BCUT2D eigenvalue weighted by Crippen LogP contribution is 2.28. The summed E-state index contributed by atoms with van der Waals surface area (Å²) in [5, 5.41) is 3.16. The van der Waals surface area contributed by atoms with E-state index in [-0.39, 0.29) is 0 Å². The van der Waals surface area contributed by atoms with Crippen LogP contribution in [0.3, 0.4) is 0 Å². The fraction of sp³-hybridized carbons (Fsp3) is 0.455. The number of ether oxygens (including phenoxy) is 1. The molecule has 2 nitrogen and oxygen atoms in total. The third-order valence-electron chi connectivity index (χ3n) is 2.17. The Kier molecular flexibility index (Phi) is 4.29. The van der Waals surface area contributed by atoms with Crippen molar-refractivity contribution in [1.29, 1.82) is 0 Å². The van der Waals surface area contributed by atoms with Gasteiger partial charge in [0.25, 0.3) is 0 Å². The molecule has 0 spiro atoms. The molecular weight excluding hydrogens is 194 g/mol. The van der Waals surface area contributed by atoms with Gasteiger partial charge in [0.2, 0.25) is 0 Å². The van der Waals surface area contributed by atoms with E-state index in [4.69, 9.17) is 4.74 Å². The highest BCUT2D eigenvalue weighted by atomic mass is 32.2. The van der Waals surface area contributed by atoms with Crippen LogP contribution in [0.1, 0.15) is 11.1 Å². The number of benzene rings is 1. The first-order valence-electron chi connectivity index (χ1n) is 4.59. The van der Waals surface area contributed by atoms with Gasteiger partial charge in [-0.05, 0) is 43.5 Å². The van der Waals surface area contributed by atoms with E-state index >= 15 is 0 Å². The number of methoxy groups -OCH3 is 1. The lowest BCUT2D eigenvalue weighted by molar-refractivity contribution is 0.410. The third kappa shape index (κ3) is 2.42. The van der Waals surface area contributed by atoms with Crippen LogP contribution in [0.15, 0.2) is 17.0 Å². The van der Waals surface area contributed by atoms with Gasteiger partial charge in [0, 0.05) is 11.4 Å². The van der Waals surface area contributed by atoms with Crippen molar-refractivity contribution < 1.29 is 4.74 Å². The lowest BCUT2D eigenvalue weighted by Crippen LogP contribution is -2.06. The molecular formula is C11H17NOS. The van der Waals surface area contributed by atoms with Crippen molar-refractivity contribution >= 4 is 11.8 Å². The number of nitrogens with one attached hydrogen (secondary N) is 1. The van der Waals surface area contributed by atoms with Gasteiger partial charge in [-0.3, -0.25) is 0 Å². The Morgan fingerprint density at radius 1 is 1.43 bits per heavy atom. The van der Waals surface area contributed by atoms with Crippen LogP contribution >= 0.6 is 11.8 Å². The van der Waals surface area contributed by atoms with Gasteiger partial charge in [-0.25, -0.2) is 0 Å². The first-order chi connectivity index (χ1) is 6.72. The number of hydrogen-bond acceptors (Lipinski definition) is 3. The zero-order chi connectivity index (χ0) is 10.6. The summed E-state index contributed by atoms with van der Waals surface area (Å²) in [6.07, 6.45) is 2.10. The molecule has 0 saturated heterocycles. The maximum absolute atomic E-state index is 5.29. The maximum Gasteiger partial charge on any atom is 0.122 e. The van der Waals surface area contributed by atoms with Gasteiger partial charge in [-0.1, -0.05) is 0 Å². The van der Waals surface area contributed by atoms with Gasteiger partial charge >= 0.3 is 0 Å². The van der Waals surface area contributed by atoms with Crippen molar-refractivity contribution in [2.45, 2.75) is 18.4 Å². The summed E-state index contributed by atoms with van der Waals surface area (Å²) in [6, 6.07) is 4.29. The number of hydrogen-bond donors (Lipinski definition) is 1. The Hall–Kier alpha value is -0.670. The molecule has 0 aliphatic heterocycles. The molecule has 1 aromatic carbocycles. The summed E-state index contributed by atoms with van der Waals surface area (Å²) in [7, 11) is 3.67. The summed E-state index contributed by atoms with van der Waals surface area (Å²) in [5.41, 5.74) is 2.49. The predicted octanol–water partition coefficient (Wildman–Crippen LogP) is 2.44. The monoisotopic (exact) mass is 211 g/mol. The smallest absolute Gasteiger partial charge is 0.122 e. The fourth-order valence-electron chi connectivity index (χ4n) is 1.44. The SMILES string of the molecule is CNCc1cc(OC)c(C)cc1SC. The van der Waals surface area contributed by atoms with Gasteiger partial charge in [0.1, 0.15) is 5.75 Å². The molecule has 0 unspecified atom stereocenters. The normalized spacial score (nSPS) is 10.3. The van der Waals surface area contributed by atoms with E-state index in [9.17, 15) is 0 Å². The summed E-state index contributed by atoms with van der Waals surface area (Å²) in [4.78, 5) is 1.32. The second kappa shape index (κ2) is 5.27. The van der Waals surface area contributed by atoms with Gasteiger partial charge in [0.05, 0.1) is 7.11 Å². The number of rotatable bonds is 4. The summed E-state index contributed by atoms with van der Waals surface area (Å²) < 4.78 is 5.29. The largest absolute Gasteiger partial charge is 0.496 e. The van der Waals surface area contributed by atoms with E-state index < -0.39 is 0 Å². The number of thioether (sulfide) groups is 1. The average Bonchev–Trinajstić information content (AvgIpc) is 2.20. The first-order valence-corrected chi connectivity index (χ1v) is 5.81. The molecule has 0 aliphatic rings. The molecule has 1 rings (SSSR count). The Morgan fingerprint density at radius 2 is 2.14 bits per heavy atom. The minimum Gasteiger partial charge on any atom is -0.496 e. The summed E-state index contributed by atoms with van der Waals surface area (Å²) in [5.74, 6) is 0.966. The molecule has 0 heterocycles. The lowest BCUT2D eigenvalue weighted by Gasteiger charge is -2.11. The second-order valence-corrected chi connectivity index (χ2v) is 4.01. The van der Waals surface area contributed by atoms with Crippen LogP contribution in [0.4, 0.5) is 0 Å². The number of aryl methyl sites for hydroxylation is 1. The molecule has 0 amide bonds. The van der Waals surface area contributed by atoms with Crippen LogP contribution < -0.4 is 10.1 Å². The summed E-state index contributed by atoms with van der Waals surface area (Å²) >= 11 is 1.77. The molecule has 0 radical (unpaired) electrons. The van der Waals surface area contributed by atoms with E-state index in [2.05, 4.69) is 30.6 Å². The van der Waals surface area contributed by atoms with Crippen molar-refractivity contribution in [3.8, 4) is 5.75 Å². The molecule has 1 aromatic rings. The standard InChI is InChI=1S/C11H17NOS/c1-8-5-11(14-4)9(7-12-2)6-10(8)13-3/h5-6,12H,7H2,1-4H3. The van der Waals surface area contributed by atoms with Gasteiger partial charge in [0.15, 0.2) is 0 Å². The summed E-state index contributed by atoms with van der Waals surface area (Å²) in [6.45, 7) is 2.95. The van der Waals surface area contributed by atoms with Crippen LogP contribution in [-0.4, -0.2) is 20.4 Å². The maximum atomic E-state index is 5.29. The Balaban J connectivity index is 3.11. The van der Waals surface area contributed by atoms with Crippen molar-refractivity contribution in [2.75, 3.05) is 20.4 Å². The van der Waals surface area contributed by atoms with Gasteiger partial charge in [-0.2, -0.15) is 0 Å². The Morgan fingerprint density at radius 3 is 2.64 bits per heavy atom. The predicted molar refractivity (Wildman–Crippen MR) is 62.3 cm³/mol. The molecule has 0 aliphatic carbocycles. The van der Waals surface area contributed by atoms with Gasteiger partial charge < -0.3 is 10.1 Å². The van der Waals surface area contributed by atoms with E-state index in [0.717, 1.165) is 12.3 Å². The molecule has 0 aromatic heterocycles. The zero-order valence-corrected chi connectivity index (χ0v) is 9.99. The second-order valence-electron chi connectivity index (χ2n) is 3.16. The fourth-order valence-corrected chi connectivity index (χ4v) is 2.13. The van der Waals surface area contributed by atoms with E-state index in [1.165, 1.54) is 16.0 Å². The topological polar surface area (TPSA) is 21.3 Å². The van der Waals surface area contributed by atoms with E-state index in [0.29, 0.717) is 0 Å². The zero-order valence-electron chi connectivity index (χ0n) is 9.18. The van der Waals surface area contributed by atoms with Crippen molar-refractivity contribution in [3.63, 3.8) is 0 Å². The van der Waals surface area contributed by atoms with Crippen LogP contribution in [-0.2, 0) is 6.54 Å². The molecule has 0 saturated carbocycles. The quantitative estimate of drug-likeness (QED) is 0.773. The highest BCUT2D eigenvalue weighted by Gasteiger charge is 2.06. The average molecular weight is 211 g/mol. The molecule has 0 bridgehead atoms. The van der Waals surface area contributed by atoms with Crippen LogP contribution in [0.2, 0.25) is 0 Å². The van der Waals surface area contributed by atoms with Crippen LogP contribution in [0.5, 0.6) is 5.75 Å². The molecule has 3 heteroatoms. The van der Waals surface area contributed by atoms with E-state index in [1.807, 2.05) is 7.05 Å². The Bertz CT molecular complexity index is 312. The van der Waals surface area contributed by atoms with E-state index in [1.54, 1.807) is 18.9 Å². The minimum absolute atomic E-state index is 0.882. The molecule has 1 N–H and O–H groups in total. The highest BCUT2D eigenvalue weighted by molar-refractivity contribution is 7.98. The molecule has 14 heavy (non-hydrogen) atoms. The lowest BCUT2D eigenvalue weighted by atomic mass is 10.1. The van der Waals surface area contributed by atoms with Crippen LogP contribution in [0, 0.1) is 6.92 Å². The molecule has 0 atom stereocenters. The van der Waals surface area contributed by atoms with Gasteiger partial charge in [-0.15, -0.1) is 11.8 Å². The van der Waals surface area contributed by atoms with Crippen LogP contribution in [0.25, 0.3) is 0 Å². The molecule has 0 fully saturated rings.